The summed E-state index contributed by atoms with van der Waals surface area (Å²) in [6, 6.07) is 32.6. The van der Waals surface area contributed by atoms with Crippen molar-refractivity contribution in [1.82, 2.24) is 0 Å². The molecule has 0 aliphatic heterocycles. The molecule has 0 bridgehead atoms. The molecular weight excluding hydrogens is 416 g/mol. The van der Waals surface area contributed by atoms with Crippen molar-refractivity contribution in [1.29, 1.82) is 0 Å². The van der Waals surface area contributed by atoms with Crippen LogP contribution in [0.5, 0.6) is 0 Å². The summed E-state index contributed by atoms with van der Waals surface area (Å²) >= 11 is 0. The van der Waals surface area contributed by atoms with Crippen LogP contribution in [0.3, 0.4) is 0 Å². The molecule has 0 atom stereocenters. The minimum Gasteiger partial charge on any atom is -0.282 e. The summed E-state index contributed by atoms with van der Waals surface area (Å²) in [7, 11) is -4.21. The van der Waals surface area contributed by atoms with E-state index in [1.807, 2.05) is 54.6 Å². The third-order valence-electron chi connectivity index (χ3n) is 5.08. The summed E-state index contributed by atoms with van der Waals surface area (Å²) in [4.78, 5) is -0.118. The topological polar surface area (TPSA) is 54.4 Å². The SMILES string of the molecule is O=S(=O)(O)c1ccc(-c2ccc(C=Cc3ccccc3)c(C=Cc3ccccc3)c2)cc1. The van der Waals surface area contributed by atoms with Crippen LogP contribution in [-0.2, 0) is 10.1 Å². The van der Waals surface area contributed by atoms with Crippen LogP contribution in [0.25, 0.3) is 35.4 Å². The number of rotatable bonds is 6. The van der Waals surface area contributed by atoms with E-state index in [1.54, 1.807) is 12.1 Å². The Morgan fingerprint density at radius 2 is 1.03 bits per heavy atom. The summed E-state index contributed by atoms with van der Waals surface area (Å²) in [6.45, 7) is 0. The van der Waals surface area contributed by atoms with Crippen LogP contribution in [0.15, 0.2) is 108 Å². The van der Waals surface area contributed by atoms with Gasteiger partial charge in [0.05, 0.1) is 4.90 Å². The van der Waals surface area contributed by atoms with Gasteiger partial charge in [0.2, 0.25) is 0 Å². The van der Waals surface area contributed by atoms with E-state index in [1.165, 1.54) is 12.1 Å². The molecule has 0 fully saturated rings. The highest BCUT2D eigenvalue weighted by molar-refractivity contribution is 7.85. The van der Waals surface area contributed by atoms with E-state index in [4.69, 9.17) is 0 Å². The first-order chi connectivity index (χ1) is 15.5. The number of hydrogen-bond acceptors (Lipinski definition) is 2. The second-order valence-electron chi connectivity index (χ2n) is 7.33. The van der Waals surface area contributed by atoms with Gasteiger partial charge in [0.1, 0.15) is 0 Å². The smallest absolute Gasteiger partial charge is 0.282 e. The van der Waals surface area contributed by atoms with Gasteiger partial charge in [0, 0.05) is 0 Å². The first-order valence-corrected chi connectivity index (χ1v) is 11.6. The highest BCUT2D eigenvalue weighted by Crippen LogP contribution is 2.26. The maximum Gasteiger partial charge on any atom is 0.294 e. The fraction of sp³-hybridized carbons (Fsp3) is 0. The molecule has 1 N–H and O–H groups in total. The van der Waals surface area contributed by atoms with Crippen molar-refractivity contribution in [3.63, 3.8) is 0 Å². The van der Waals surface area contributed by atoms with Gasteiger partial charge in [-0.2, -0.15) is 8.42 Å². The van der Waals surface area contributed by atoms with Gasteiger partial charge < -0.3 is 0 Å². The zero-order valence-electron chi connectivity index (χ0n) is 17.3. The summed E-state index contributed by atoms with van der Waals surface area (Å²) in [6.07, 6.45) is 8.32. The standard InChI is InChI=1S/C28H22O3S/c29-32(30,31)28-19-17-25(18-20-28)27-16-15-24(13-11-22-7-3-1-4-8-22)26(21-27)14-12-23-9-5-2-6-10-23/h1-21H,(H,29,30,31). The molecule has 0 spiro atoms. The monoisotopic (exact) mass is 438 g/mol. The normalized spacial score (nSPS) is 11.9. The molecule has 0 saturated heterocycles. The lowest BCUT2D eigenvalue weighted by atomic mass is 9.97. The average Bonchev–Trinajstić information content (AvgIpc) is 2.82. The molecule has 0 amide bonds. The Bertz CT molecular complexity index is 1350. The lowest BCUT2D eigenvalue weighted by Crippen LogP contribution is -1.97. The zero-order valence-corrected chi connectivity index (χ0v) is 18.1. The van der Waals surface area contributed by atoms with E-state index in [0.717, 1.165) is 33.4 Å². The predicted octanol–water partition coefficient (Wildman–Crippen LogP) is 6.94. The first-order valence-electron chi connectivity index (χ1n) is 10.2. The van der Waals surface area contributed by atoms with Crippen LogP contribution >= 0.6 is 0 Å². The van der Waals surface area contributed by atoms with Crippen LogP contribution in [0.1, 0.15) is 22.3 Å². The largest absolute Gasteiger partial charge is 0.294 e. The molecule has 3 nitrogen and oxygen atoms in total. The third kappa shape index (κ3) is 5.49. The van der Waals surface area contributed by atoms with Gasteiger partial charge in [-0.05, 0) is 51.6 Å². The summed E-state index contributed by atoms with van der Waals surface area (Å²) < 4.78 is 31.9. The van der Waals surface area contributed by atoms with E-state index in [-0.39, 0.29) is 4.90 Å². The Morgan fingerprint density at radius 3 is 1.56 bits per heavy atom. The van der Waals surface area contributed by atoms with E-state index in [9.17, 15) is 13.0 Å². The quantitative estimate of drug-likeness (QED) is 0.262. The summed E-state index contributed by atoms with van der Waals surface area (Å²) in [5.41, 5.74) is 6.15. The molecule has 0 unspecified atom stereocenters. The molecule has 158 valence electrons. The highest BCUT2D eigenvalue weighted by Gasteiger charge is 2.09. The lowest BCUT2D eigenvalue weighted by Gasteiger charge is -2.08. The predicted molar refractivity (Wildman–Crippen MR) is 132 cm³/mol. The van der Waals surface area contributed by atoms with Crippen LogP contribution in [0, 0.1) is 0 Å². The second kappa shape index (κ2) is 9.60. The van der Waals surface area contributed by atoms with E-state index in [2.05, 4.69) is 48.6 Å². The van der Waals surface area contributed by atoms with Crippen LogP contribution < -0.4 is 0 Å². The molecule has 0 aliphatic rings. The Hall–Kier alpha value is -3.73. The Kier molecular flexibility index (Phi) is 6.45. The molecule has 0 aromatic heterocycles. The van der Waals surface area contributed by atoms with Crippen molar-refractivity contribution in [2.45, 2.75) is 4.90 Å². The summed E-state index contributed by atoms with van der Waals surface area (Å²) in [5, 5.41) is 0. The maximum absolute atomic E-state index is 11.3. The highest BCUT2D eigenvalue weighted by atomic mass is 32.2. The fourth-order valence-electron chi connectivity index (χ4n) is 3.37. The van der Waals surface area contributed by atoms with E-state index in [0.29, 0.717) is 0 Å². The average molecular weight is 439 g/mol. The van der Waals surface area contributed by atoms with Gasteiger partial charge in [0.25, 0.3) is 10.1 Å². The van der Waals surface area contributed by atoms with Crippen molar-refractivity contribution < 1.29 is 13.0 Å². The van der Waals surface area contributed by atoms with Crippen molar-refractivity contribution in [2.75, 3.05) is 0 Å². The van der Waals surface area contributed by atoms with Gasteiger partial charge >= 0.3 is 0 Å². The van der Waals surface area contributed by atoms with Gasteiger partial charge in [-0.25, -0.2) is 0 Å². The van der Waals surface area contributed by atoms with E-state index >= 15 is 0 Å². The van der Waals surface area contributed by atoms with Crippen molar-refractivity contribution in [3.8, 4) is 11.1 Å². The number of benzene rings is 4. The molecule has 0 saturated carbocycles. The van der Waals surface area contributed by atoms with Gasteiger partial charge in [-0.15, -0.1) is 0 Å². The lowest BCUT2D eigenvalue weighted by molar-refractivity contribution is 0.483. The molecule has 32 heavy (non-hydrogen) atoms. The van der Waals surface area contributed by atoms with Crippen LogP contribution in [-0.4, -0.2) is 13.0 Å². The molecular formula is C28H22O3S. The Morgan fingerprint density at radius 1 is 0.531 bits per heavy atom. The third-order valence-corrected chi connectivity index (χ3v) is 5.95. The molecule has 0 radical (unpaired) electrons. The van der Waals surface area contributed by atoms with Crippen LogP contribution in [0.2, 0.25) is 0 Å². The minimum absolute atomic E-state index is 0.118. The Balaban J connectivity index is 1.72. The molecule has 4 heteroatoms. The molecule has 4 aromatic rings. The van der Waals surface area contributed by atoms with Crippen molar-refractivity contribution in [3.05, 3.63) is 125 Å². The number of hydrogen-bond donors (Lipinski definition) is 1. The van der Waals surface area contributed by atoms with E-state index < -0.39 is 10.1 Å². The minimum atomic E-state index is -4.21. The molecule has 4 rings (SSSR count). The molecule has 0 aliphatic carbocycles. The van der Waals surface area contributed by atoms with Gasteiger partial charge in [-0.1, -0.05) is 109 Å². The Labute approximate surface area is 188 Å². The van der Waals surface area contributed by atoms with Gasteiger partial charge in [0.15, 0.2) is 0 Å². The fourth-order valence-corrected chi connectivity index (χ4v) is 3.85. The molecule has 4 aromatic carbocycles. The van der Waals surface area contributed by atoms with Crippen molar-refractivity contribution >= 4 is 34.4 Å². The van der Waals surface area contributed by atoms with Gasteiger partial charge in [-0.3, -0.25) is 4.55 Å². The van der Waals surface area contributed by atoms with Crippen molar-refractivity contribution in [2.24, 2.45) is 0 Å². The zero-order chi connectivity index (χ0) is 22.4. The summed E-state index contributed by atoms with van der Waals surface area (Å²) in [5.74, 6) is 0. The molecule has 0 heterocycles. The van der Waals surface area contributed by atoms with Crippen LogP contribution in [0.4, 0.5) is 0 Å². The second-order valence-corrected chi connectivity index (χ2v) is 8.75. The maximum atomic E-state index is 11.3. The first kappa shape index (κ1) is 21.5.